The number of para-hydroxylation sites is 1. The van der Waals surface area contributed by atoms with E-state index in [9.17, 15) is 4.79 Å². The molecule has 0 fully saturated rings. The first-order valence-electron chi connectivity index (χ1n) is 5.50. The largest absolute Gasteiger partial charge is 0.331 e. The SMILES string of the molecule is N#Cc1ccc2c(c1)[nH]c(=O)n2-c1ccccc1. The Hall–Kier alpha value is -2.80. The monoisotopic (exact) mass is 235 g/mol. The standard InChI is InChI=1S/C14H9N3O/c15-9-10-6-7-13-12(8-10)16-14(18)17(13)11-4-2-1-3-5-11/h1-8H,(H,16,18). The Bertz CT molecular complexity index is 806. The van der Waals surface area contributed by atoms with Gasteiger partial charge in [0.25, 0.3) is 0 Å². The van der Waals surface area contributed by atoms with Gasteiger partial charge in [0.05, 0.1) is 28.4 Å². The summed E-state index contributed by atoms with van der Waals surface area (Å²) in [4.78, 5) is 14.7. The Labute approximate surface area is 103 Å². The minimum absolute atomic E-state index is 0.203. The van der Waals surface area contributed by atoms with Crippen molar-refractivity contribution in [1.29, 1.82) is 5.26 Å². The first-order valence-corrected chi connectivity index (χ1v) is 5.50. The summed E-state index contributed by atoms with van der Waals surface area (Å²) in [6.07, 6.45) is 0. The Balaban J connectivity index is 2.35. The number of nitrogens with one attached hydrogen (secondary N) is 1. The molecule has 18 heavy (non-hydrogen) atoms. The minimum Gasteiger partial charge on any atom is -0.305 e. The Morgan fingerprint density at radius 3 is 2.61 bits per heavy atom. The maximum atomic E-state index is 12.0. The van der Waals surface area contributed by atoms with E-state index < -0.39 is 0 Å². The topological polar surface area (TPSA) is 61.6 Å². The number of nitrogens with zero attached hydrogens (tertiary/aromatic N) is 2. The van der Waals surface area contributed by atoms with Crippen LogP contribution < -0.4 is 5.69 Å². The second-order valence-electron chi connectivity index (χ2n) is 3.94. The van der Waals surface area contributed by atoms with Crippen molar-refractivity contribution in [1.82, 2.24) is 9.55 Å². The van der Waals surface area contributed by atoms with Gasteiger partial charge in [0.2, 0.25) is 0 Å². The van der Waals surface area contributed by atoms with Crippen molar-refractivity contribution in [3.8, 4) is 11.8 Å². The second kappa shape index (κ2) is 3.90. The van der Waals surface area contributed by atoms with E-state index in [4.69, 9.17) is 5.26 Å². The van der Waals surface area contributed by atoms with Crippen LogP contribution in [0.25, 0.3) is 16.7 Å². The average Bonchev–Trinajstić information content (AvgIpc) is 2.74. The van der Waals surface area contributed by atoms with Gasteiger partial charge in [-0.1, -0.05) is 18.2 Å². The van der Waals surface area contributed by atoms with Gasteiger partial charge in [-0.3, -0.25) is 4.57 Å². The number of imidazole rings is 1. The zero-order valence-corrected chi connectivity index (χ0v) is 9.42. The molecule has 0 aliphatic rings. The van der Waals surface area contributed by atoms with Crippen LogP contribution in [-0.2, 0) is 0 Å². The summed E-state index contributed by atoms with van der Waals surface area (Å²) >= 11 is 0. The van der Waals surface area contributed by atoms with Gasteiger partial charge in [0.15, 0.2) is 0 Å². The molecule has 0 aliphatic heterocycles. The van der Waals surface area contributed by atoms with Crippen LogP contribution in [-0.4, -0.2) is 9.55 Å². The molecule has 0 saturated carbocycles. The highest BCUT2D eigenvalue weighted by Crippen LogP contribution is 2.16. The lowest BCUT2D eigenvalue weighted by molar-refractivity contribution is 1.02. The summed E-state index contributed by atoms with van der Waals surface area (Å²) in [5.74, 6) is 0. The van der Waals surface area contributed by atoms with Crippen LogP contribution in [0.5, 0.6) is 0 Å². The number of nitriles is 1. The van der Waals surface area contributed by atoms with E-state index in [1.165, 1.54) is 0 Å². The van der Waals surface area contributed by atoms with Crippen LogP contribution in [0.4, 0.5) is 0 Å². The van der Waals surface area contributed by atoms with E-state index in [1.807, 2.05) is 30.3 Å². The minimum atomic E-state index is -0.203. The lowest BCUT2D eigenvalue weighted by Crippen LogP contribution is -2.14. The van der Waals surface area contributed by atoms with Crippen molar-refractivity contribution in [2.75, 3.05) is 0 Å². The fourth-order valence-electron chi connectivity index (χ4n) is 2.01. The lowest BCUT2D eigenvalue weighted by atomic mass is 10.2. The third-order valence-corrected chi connectivity index (χ3v) is 2.83. The van der Waals surface area contributed by atoms with Gasteiger partial charge in [0, 0.05) is 0 Å². The molecular formula is C14H9N3O. The highest BCUT2D eigenvalue weighted by molar-refractivity contribution is 5.78. The average molecular weight is 235 g/mol. The summed E-state index contributed by atoms with van der Waals surface area (Å²) in [5, 5.41) is 8.84. The predicted molar refractivity (Wildman–Crippen MR) is 68.6 cm³/mol. The lowest BCUT2D eigenvalue weighted by Gasteiger charge is -2.02. The van der Waals surface area contributed by atoms with Gasteiger partial charge in [-0.05, 0) is 30.3 Å². The highest BCUT2D eigenvalue weighted by atomic mass is 16.1. The van der Waals surface area contributed by atoms with E-state index in [2.05, 4.69) is 11.1 Å². The number of aromatic amines is 1. The van der Waals surface area contributed by atoms with Gasteiger partial charge >= 0.3 is 5.69 Å². The van der Waals surface area contributed by atoms with E-state index in [1.54, 1.807) is 22.8 Å². The molecule has 0 amide bonds. The Kier molecular flexibility index (Phi) is 2.24. The van der Waals surface area contributed by atoms with Crippen LogP contribution >= 0.6 is 0 Å². The van der Waals surface area contributed by atoms with Crippen molar-refractivity contribution in [2.45, 2.75) is 0 Å². The number of aromatic nitrogens is 2. The summed E-state index contributed by atoms with van der Waals surface area (Å²) in [6.45, 7) is 0. The molecule has 86 valence electrons. The third kappa shape index (κ3) is 1.50. The van der Waals surface area contributed by atoms with Crippen LogP contribution in [0.15, 0.2) is 53.3 Å². The van der Waals surface area contributed by atoms with Crippen molar-refractivity contribution >= 4 is 11.0 Å². The molecule has 0 saturated heterocycles. The summed E-state index contributed by atoms with van der Waals surface area (Å²) in [7, 11) is 0. The Morgan fingerprint density at radius 1 is 1.11 bits per heavy atom. The highest BCUT2D eigenvalue weighted by Gasteiger charge is 2.08. The van der Waals surface area contributed by atoms with Crippen LogP contribution in [0, 0.1) is 11.3 Å². The number of H-pyrrole nitrogens is 1. The fourth-order valence-corrected chi connectivity index (χ4v) is 2.01. The molecular weight excluding hydrogens is 226 g/mol. The van der Waals surface area contributed by atoms with Crippen molar-refractivity contribution in [3.63, 3.8) is 0 Å². The fraction of sp³-hybridized carbons (Fsp3) is 0. The number of hydrogen-bond donors (Lipinski definition) is 1. The Morgan fingerprint density at radius 2 is 1.89 bits per heavy atom. The number of rotatable bonds is 1. The molecule has 4 nitrogen and oxygen atoms in total. The van der Waals surface area contributed by atoms with Gasteiger partial charge in [-0.2, -0.15) is 5.26 Å². The maximum Gasteiger partial charge on any atom is 0.331 e. The van der Waals surface area contributed by atoms with E-state index in [0.29, 0.717) is 11.1 Å². The third-order valence-electron chi connectivity index (χ3n) is 2.83. The number of fused-ring (bicyclic) bond motifs is 1. The molecule has 0 bridgehead atoms. The van der Waals surface area contributed by atoms with E-state index in [0.717, 1.165) is 11.2 Å². The molecule has 4 heteroatoms. The van der Waals surface area contributed by atoms with Crippen LogP contribution in [0.3, 0.4) is 0 Å². The maximum absolute atomic E-state index is 12.0. The summed E-state index contributed by atoms with van der Waals surface area (Å²) in [5.41, 5.74) is 2.57. The molecule has 0 aliphatic carbocycles. The number of benzene rings is 2. The van der Waals surface area contributed by atoms with Gasteiger partial charge in [0.1, 0.15) is 0 Å². The van der Waals surface area contributed by atoms with Crippen molar-refractivity contribution in [3.05, 3.63) is 64.6 Å². The van der Waals surface area contributed by atoms with Crippen LogP contribution in [0.1, 0.15) is 5.56 Å². The van der Waals surface area contributed by atoms with Crippen molar-refractivity contribution in [2.24, 2.45) is 0 Å². The first kappa shape index (κ1) is 10.4. The molecule has 0 unspecified atom stereocenters. The second-order valence-corrected chi connectivity index (χ2v) is 3.94. The summed E-state index contributed by atoms with van der Waals surface area (Å²) in [6, 6.07) is 16.6. The normalized spacial score (nSPS) is 10.4. The molecule has 3 rings (SSSR count). The van der Waals surface area contributed by atoms with E-state index in [-0.39, 0.29) is 5.69 Å². The molecule has 0 radical (unpaired) electrons. The van der Waals surface area contributed by atoms with Crippen molar-refractivity contribution < 1.29 is 0 Å². The molecule has 0 atom stereocenters. The predicted octanol–water partition coefficient (Wildman–Crippen LogP) is 2.19. The molecule has 1 N–H and O–H groups in total. The molecule has 3 aromatic rings. The zero-order chi connectivity index (χ0) is 12.5. The van der Waals surface area contributed by atoms with Gasteiger partial charge < -0.3 is 4.98 Å². The van der Waals surface area contributed by atoms with Gasteiger partial charge in [-0.15, -0.1) is 0 Å². The van der Waals surface area contributed by atoms with Gasteiger partial charge in [-0.25, -0.2) is 4.79 Å². The summed E-state index contributed by atoms with van der Waals surface area (Å²) < 4.78 is 1.59. The first-order chi connectivity index (χ1) is 8.79. The quantitative estimate of drug-likeness (QED) is 0.702. The molecule has 0 spiro atoms. The molecule has 1 heterocycles. The zero-order valence-electron chi connectivity index (χ0n) is 9.42. The number of hydrogen-bond acceptors (Lipinski definition) is 2. The molecule has 2 aromatic carbocycles. The molecule has 1 aromatic heterocycles. The smallest absolute Gasteiger partial charge is 0.305 e. The van der Waals surface area contributed by atoms with Crippen LogP contribution in [0.2, 0.25) is 0 Å². The van der Waals surface area contributed by atoms with E-state index >= 15 is 0 Å².